The van der Waals surface area contributed by atoms with Gasteiger partial charge in [-0.15, -0.1) is 0 Å². The molecule has 0 saturated carbocycles. The molecular formula is C13H18F3N3O. The van der Waals surface area contributed by atoms with E-state index in [2.05, 4.69) is 0 Å². The molecule has 1 rings (SSSR count). The number of rotatable bonds is 7. The van der Waals surface area contributed by atoms with Crippen LogP contribution in [0.3, 0.4) is 0 Å². The molecule has 4 nitrogen and oxygen atoms in total. The van der Waals surface area contributed by atoms with Crippen molar-refractivity contribution in [3.05, 3.63) is 29.8 Å². The van der Waals surface area contributed by atoms with Crippen LogP contribution in [-0.2, 0) is 11.3 Å². The van der Waals surface area contributed by atoms with Crippen molar-refractivity contribution < 1.29 is 18.0 Å². The van der Waals surface area contributed by atoms with Crippen LogP contribution in [0.15, 0.2) is 24.3 Å². The summed E-state index contributed by atoms with van der Waals surface area (Å²) < 4.78 is 36.3. The fourth-order valence-electron chi connectivity index (χ4n) is 1.82. The van der Waals surface area contributed by atoms with E-state index in [9.17, 15) is 18.0 Å². The number of carbonyl (C=O) groups excluding carboxylic acids is 1. The van der Waals surface area contributed by atoms with Crippen molar-refractivity contribution >= 4 is 11.6 Å². The van der Waals surface area contributed by atoms with Gasteiger partial charge in [-0.05, 0) is 30.7 Å². The van der Waals surface area contributed by atoms with E-state index >= 15 is 0 Å². The van der Waals surface area contributed by atoms with E-state index in [4.69, 9.17) is 11.5 Å². The molecule has 1 amide bonds. The van der Waals surface area contributed by atoms with Crippen LogP contribution in [0.4, 0.5) is 18.9 Å². The van der Waals surface area contributed by atoms with Gasteiger partial charge in [-0.1, -0.05) is 12.1 Å². The van der Waals surface area contributed by atoms with Crippen molar-refractivity contribution in [1.82, 2.24) is 4.90 Å². The largest absolute Gasteiger partial charge is 0.399 e. The molecular weight excluding hydrogens is 271 g/mol. The molecule has 4 N–H and O–H groups in total. The van der Waals surface area contributed by atoms with E-state index in [1.54, 1.807) is 29.2 Å². The van der Waals surface area contributed by atoms with Gasteiger partial charge in [0.25, 0.3) is 0 Å². The number of benzene rings is 1. The third-order valence-electron chi connectivity index (χ3n) is 2.70. The zero-order valence-corrected chi connectivity index (χ0v) is 11.0. The molecule has 112 valence electrons. The van der Waals surface area contributed by atoms with Gasteiger partial charge in [0.15, 0.2) is 0 Å². The summed E-state index contributed by atoms with van der Waals surface area (Å²) in [6.07, 6.45) is -5.12. The minimum Gasteiger partial charge on any atom is -0.399 e. The zero-order valence-electron chi connectivity index (χ0n) is 11.0. The molecule has 1 aromatic carbocycles. The minimum absolute atomic E-state index is 0.0637. The molecule has 0 heterocycles. The molecule has 0 saturated heterocycles. The van der Waals surface area contributed by atoms with Crippen LogP contribution in [0, 0.1) is 0 Å². The van der Waals surface area contributed by atoms with Gasteiger partial charge in [0.05, 0.1) is 6.54 Å². The third kappa shape index (κ3) is 6.98. The quantitative estimate of drug-likeness (QED) is 0.753. The first-order valence-electron chi connectivity index (χ1n) is 6.18. The summed E-state index contributed by atoms with van der Waals surface area (Å²) in [6, 6.07) is 6.95. The summed E-state index contributed by atoms with van der Waals surface area (Å²) in [6.45, 7) is 0.455. The van der Waals surface area contributed by atoms with Gasteiger partial charge in [-0.25, -0.2) is 0 Å². The highest BCUT2D eigenvalue weighted by molar-refractivity contribution is 5.75. The van der Waals surface area contributed by atoms with Gasteiger partial charge in [0, 0.05) is 18.7 Å². The molecule has 0 aliphatic rings. The number of hydrogen-bond acceptors (Lipinski definition) is 3. The Labute approximate surface area is 115 Å². The maximum absolute atomic E-state index is 12.1. The topological polar surface area (TPSA) is 72.4 Å². The maximum Gasteiger partial charge on any atom is 0.389 e. The predicted molar refractivity (Wildman–Crippen MR) is 70.6 cm³/mol. The highest BCUT2D eigenvalue weighted by Crippen LogP contribution is 2.21. The van der Waals surface area contributed by atoms with Gasteiger partial charge in [-0.2, -0.15) is 13.2 Å². The molecule has 0 aliphatic carbocycles. The normalized spacial score (nSPS) is 11.8. The first kappa shape index (κ1) is 16.3. The molecule has 7 heteroatoms. The van der Waals surface area contributed by atoms with E-state index in [1.807, 2.05) is 0 Å². The van der Waals surface area contributed by atoms with E-state index in [-0.39, 0.29) is 19.5 Å². The number of hydrogen-bond donors (Lipinski definition) is 2. The first-order valence-corrected chi connectivity index (χ1v) is 6.18. The number of carbonyl (C=O) groups is 1. The Morgan fingerprint density at radius 1 is 1.20 bits per heavy atom. The van der Waals surface area contributed by atoms with Gasteiger partial charge in [0.2, 0.25) is 5.91 Å². The molecule has 0 bridgehead atoms. The summed E-state index contributed by atoms with van der Waals surface area (Å²) in [7, 11) is 0. The van der Waals surface area contributed by atoms with Gasteiger partial charge in [-0.3, -0.25) is 9.69 Å². The summed E-state index contributed by atoms with van der Waals surface area (Å²) >= 11 is 0. The van der Waals surface area contributed by atoms with Crippen molar-refractivity contribution in [2.45, 2.75) is 25.6 Å². The summed E-state index contributed by atoms with van der Waals surface area (Å²) in [5.74, 6) is -0.563. The Kier molecular flexibility index (Phi) is 5.82. The Balaban J connectivity index is 2.55. The zero-order chi connectivity index (χ0) is 15.2. The van der Waals surface area contributed by atoms with E-state index in [0.717, 1.165) is 5.56 Å². The Morgan fingerprint density at radius 2 is 1.80 bits per heavy atom. The van der Waals surface area contributed by atoms with Crippen molar-refractivity contribution in [2.24, 2.45) is 5.73 Å². The molecule has 0 spiro atoms. The number of alkyl halides is 3. The first-order chi connectivity index (χ1) is 9.26. The van der Waals surface area contributed by atoms with Crippen LogP contribution < -0.4 is 11.5 Å². The predicted octanol–water partition coefficient (Wildman–Crippen LogP) is 1.90. The van der Waals surface area contributed by atoms with Crippen LogP contribution in [0.2, 0.25) is 0 Å². The lowest BCUT2D eigenvalue weighted by Gasteiger charge is -2.21. The molecule has 0 atom stereocenters. The number of nitrogens with zero attached hydrogens (tertiary/aromatic N) is 1. The number of primary amides is 1. The summed E-state index contributed by atoms with van der Waals surface area (Å²) in [5, 5.41) is 0. The highest BCUT2D eigenvalue weighted by atomic mass is 19.4. The minimum atomic E-state index is -4.18. The lowest BCUT2D eigenvalue weighted by molar-refractivity contribution is -0.136. The molecule has 0 radical (unpaired) electrons. The van der Waals surface area contributed by atoms with Crippen LogP contribution in [-0.4, -0.2) is 30.1 Å². The number of amides is 1. The van der Waals surface area contributed by atoms with Gasteiger partial charge in [0.1, 0.15) is 0 Å². The SMILES string of the molecule is NC(=O)CN(CCCC(F)(F)F)Cc1ccc(N)cc1. The monoisotopic (exact) mass is 289 g/mol. The standard InChI is InChI=1S/C13H18F3N3O/c14-13(15,16)6-1-7-19(9-12(18)20)8-10-2-4-11(17)5-3-10/h2-5H,1,6-9,17H2,(H2,18,20). The second-order valence-corrected chi connectivity index (χ2v) is 4.64. The summed E-state index contributed by atoms with van der Waals surface area (Å²) in [4.78, 5) is 12.5. The van der Waals surface area contributed by atoms with E-state index in [1.165, 1.54) is 0 Å². The fourth-order valence-corrected chi connectivity index (χ4v) is 1.82. The molecule has 0 aromatic heterocycles. The van der Waals surface area contributed by atoms with Crippen LogP contribution in [0.1, 0.15) is 18.4 Å². The maximum atomic E-state index is 12.1. The van der Waals surface area contributed by atoms with Crippen LogP contribution in [0.5, 0.6) is 0 Å². The Morgan fingerprint density at radius 3 is 2.30 bits per heavy atom. The highest BCUT2D eigenvalue weighted by Gasteiger charge is 2.26. The van der Waals surface area contributed by atoms with Crippen molar-refractivity contribution in [3.63, 3.8) is 0 Å². The molecule has 0 fully saturated rings. The number of nitrogens with two attached hydrogens (primary N) is 2. The number of nitrogen functional groups attached to an aromatic ring is 1. The van der Waals surface area contributed by atoms with Crippen molar-refractivity contribution in [1.29, 1.82) is 0 Å². The van der Waals surface area contributed by atoms with Gasteiger partial charge < -0.3 is 11.5 Å². The van der Waals surface area contributed by atoms with Gasteiger partial charge >= 0.3 is 6.18 Å². The fraction of sp³-hybridized carbons (Fsp3) is 0.462. The van der Waals surface area contributed by atoms with E-state index < -0.39 is 18.5 Å². The second kappa shape index (κ2) is 7.14. The van der Waals surface area contributed by atoms with Crippen molar-refractivity contribution in [3.8, 4) is 0 Å². The molecule has 20 heavy (non-hydrogen) atoms. The van der Waals surface area contributed by atoms with E-state index in [0.29, 0.717) is 12.2 Å². The average molecular weight is 289 g/mol. The smallest absolute Gasteiger partial charge is 0.389 e. The lowest BCUT2D eigenvalue weighted by atomic mass is 10.2. The third-order valence-corrected chi connectivity index (χ3v) is 2.70. The summed E-state index contributed by atoms with van der Waals surface area (Å²) in [5.41, 5.74) is 12.1. The average Bonchev–Trinajstić information content (AvgIpc) is 2.29. The molecule has 1 aromatic rings. The molecule has 0 unspecified atom stereocenters. The Hall–Kier alpha value is -1.76. The lowest BCUT2D eigenvalue weighted by Crippen LogP contribution is -2.34. The number of anilines is 1. The molecule has 0 aliphatic heterocycles. The second-order valence-electron chi connectivity index (χ2n) is 4.64. The Bertz CT molecular complexity index is 431. The van der Waals surface area contributed by atoms with Crippen LogP contribution in [0.25, 0.3) is 0 Å². The van der Waals surface area contributed by atoms with Crippen molar-refractivity contribution in [2.75, 3.05) is 18.8 Å². The van der Waals surface area contributed by atoms with Crippen LogP contribution >= 0.6 is 0 Å². The number of halogens is 3.